The average molecular weight is 250 g/mol. The van der Waals surface area contributed by atoms with Gasteiger partial charge in [-0.1, -0.05) is 0 Å². The molecule has 0 aliphatic carbocycles. The van der Waals surface area contributed by atoms with Gasteiger partial charge in [0, 0.05) is 11.1 Å². The van der Waals surface area contributed by atoms with E-state index in [2.05, 4.69) is 0 Å². The number of ether oxygens (including phenoxy) is 2. The summed E-state index contributed by atoms with van der Waals surface area (Å²) < 4.78 is 37.5. The fourth-order valence-corrected chi connectivity index (χ4v) is 1.68. The van der Waals surface area contributed by atoms with E-state index in [0.29, 0.717) is 11.5 Å². The Bertz CT molecular complexity index is 516. The van der Waals surface area contributed by atoms with Gasteiger partial charge < -0.3 is 9.47 Å². The third kappa shape index (κ3) is 2.27. The van der Waals surface area contributed by atoms with E-state index in [1.54, 1.807) is 0 Å². The lowest BCUT2D eigenvalue weighted by molar-refractivity contribution is 0.413. The van der Waals surface area contributed by atoms with Gasteiger partial charge in [-0.05, 0) is 36.4 Å². The first-order valence-corrected chi connectivity index (χ1v) is 5.33. The summed E-state index contributed by atoms with van der Waals surface area (Å²) in [6.07, 6.45) is 0. The minimum atomic E-state index is -0.511. The molecule has 0 aromatic heterocycles. The fraction of sp³-hybridized carbons (Fsp3) is 0.143. The van der Waals surface area contributed by atoms with E-state index in [9.17, 15) is 8.78 Å². The van der Waals surface area contributed by atoms with Crippen molar-refractivity contribution in [3.63, 3.8) is 0 Å². The van der Waals surface area contributed by atoms with Crippen molar-refractivity contribution in [2.45, 2.75) is 0 Å². The zero-order valence-electron chi connectivity index (χ0n) is 10.0. The first-order chi connectivity index (χ1) is 8.65. The summed E-state index contributed by atoms with van der Waals surface area (Å²) in [5.74, 6) is -0.0897. The van der Waals surface area contributed by atoms with Crippen LogP contribution in [0.4, 0.5) is 8.78 Å². The molecule has 0 radical (unpaired) electrons. The Morgan fingerprint density at radius 1 is 0.722 bits per heavy atom. The molecule has 2 nitrogen and oxygen atoms in total. The number of rotatable bonds is 3. The van der Waals surface area contributed by atoms with Crippen molar-refractivity contribution in [1.29, 1.82) is 0 Å². The van der Waals surface area contributed by atoms with Crippen molar-refractivity contribution >= 4 is 0 Å². The van der Waals surface area contributed by atoms with Crippen molar-refractivity contribution in [1.82, 2.24) is 0 Å². The first kappa shape index (κ1) is 12.4. The quantitative estimate of drug-likeness (QED) is 0.827. The highest BCUT2D eigenvalue weighted by Crippen LogP contribution is 2.31. The van der Waals surface area contributed by atoms with Crippen LogP contribution in [0.15, 0.2) is 36.4 Å². The van der Waals surface area contributed by atoms with Crippen molar-refractivity contribution in [2.75, 3.05) is 14.2 Å². The fourth-order valence-electron chi connectivity index (χ4n) is 1.68. The van der Waals surface area contributed by atoms with Gasteiger partial charge in [0.15, 0.2) is 0 Å². The SMILES string of the molecule is COc1ccc(F)c(-c2cc(OC)ccc2F)c1. The normalized spacial score (nSPS) is 10.2. The lowest BCUT2D eigenvalue weighted by atomic mass is 10.0. The number of hydrogen-bond acceptors (Lipinski definition) is 2. The Labute approximate surface area is 104 Å². The van der Waals surface area contributed by atoms with Crippen LogP contribution in [0.1, 0.15) is 0 Å². The van der Waals surface area contributed by atoms with E-state index in [1.165, 1.54) is 50.6 Å². The lowest BCUT2D eigenvalue weighted by Crippen LogP contribution is -1.92. The minimum Gasteiger partial charge on any atom is -0.497 e. The topological polar surface area (TPSA) is 18.5 Å². The van der Waals surface area contributed by atoms with Gasteiger partial charge in [0.25, 0.3) is 0 Å². The summed E-state index contributed by atoms with van der Waals surface area (Å²) in [6.45, 7) is 0. The predicted molar refractivity (Wildman–Crippen MR) is 64.9 cm³/mol. The third-order valence-corrected chi connectivity index (χ3v) is 2.64. The molecule has 2 aromatic carbocycles. The van der Waals surface area contributed by atoms with Crippen molar-refractivity contribution in [3.05, 3.63) is 48.0 Å². The summed E-state index contributed by atoms with van der Waals surface area (Å²) >= 11 is 0. The van der Waals surface area contributed by atoms with E-state index >= 15 is 0 Å². The molecule has 18 heavy (non-hydrogen) atoms. The molecule has 2 aromatic rings. The molecule has 0 aliphatic heterocycles. The van der Waals surface area contributed by atoms with Crippen LogP contribution in [0.2, 0.25) is 0 Å². The molecule has 0 bridgehead atoms. The number of hydrogen-bond donors (Lipinski definition) is 0. The van der Waals surface area contributed by atoms with Gasteiger partial charge >= 0.3 is 0 Å². The molecule has 94 valence electrons. The maximum absolute atomic E-state index is 13.7. The Morgan fingerprint density at radius 3 is 1.44 bits per heavy atom. The molecule has 0 unspecified atom stereocenters. The Balaban J connectivity index is 2.60. The van der Waals surface area contributed by atoms with Crippen LogP contribution in [-0.4, -0.2) is 14.2 Å². The van der Waals surface area contributed by atoms with Crippen molar-refractivity contribution in [3.8, 4) is 22.6 Å². The smallest absolute Gasteiger partial charge is 0.131 e. The predicted octanol–water partition coefficient (Wildman–Crippen LogP) is 3.65. The number of halogens is 2. The van der Waals surface area contributed by atoms with Crippen LogP contribution in [0, 0.1) is 11.6 Å². The van der Waals surface area contributed by atoms with E-state index in [4.69, 9.17) is 9.47 Å². The average Bonchev–Trinajstić information content (AvgIpc) is 2.40. The van der Waals surface area contributed by atoms with Gasteiger partial charge in [0.1, 0.15) is 23.1 Å². The first-order valence-electron chi connectivity index (χ1n) is 5.33. The van der Waals surface area contributed by atoms with Crippen LogP contribution in [0.25, 0.3) is 11.1 Å². The van der Waals surface area contributed by atoms with Crippen molar-refractivity contribution in [2.24, 2.45) is 0 Å². The second-order valence-electron chi connectivity index (χ2n) is 3.69. The molecule has 0 heterocycles. The molecule has 0 spiro atoms. The summed E-state index contributed by atoms with van der Waals surface area (Å²) in [5.41, 5.74) is 0.288. The largest absolute Gasteiger partial charge is 0.497 e. The molecular formula is C14H12F2O2. The molecule has 0 N–H and O–H groups in total. The molecule has 2 rings (SSSR count). The number of benzene rings is 2. The summed E-state index contributed by atoms with van der Waals surface area (Å²) in [6, 6.07) is 8.36. The maximum Gasteiger partial charge on any atom is 0.131 e. The Kier molecular flexibility index (Phi) is 3.46. The molecule has 4 heteroatoms. The van der Waals surface area contributed by atoms with Crippen molar-refractivity contribution < 1.29 is 18.3 Å². The Morgan fingerprint density at radius 2 is 1.11 bits per heavy atom. The van der Waals surface area contributed by atoms with Crippen LogP contribution < -0.4 is 9.47 Å². The molecule has 0 atom stereocenters. The molecular weight excluding hydrogens is 238 g/mol. The third-order valence-electron chi connectivity index (χ3n) is 2.64. The van der Waals surface area contributed by atoms with Gasteiger partial charge in [0.05, 0.1) is 14.2 Å². The number of methoxy groups -OCH3 is 2. The summed E-state index contributed by atoms with van der Waals surface area (Å²) in [5, 5.41) is 0. The second kappa shape index (κ2) is 5.04. The van der Waals surface area contributed by atoms with Crippen LogP contribution in [0.5, 0.6) is 11.5 Å². The zero-order chi connectivity index (χ0) is 13.1. The van der Waals surface area contributed by atoms with Gasteiger partial charge in [-0.3, -0.25) is 0 Å². The van der Waals surface area contributed by atoms with Crippen LogP contribution in [0.3, 0.4) is 0 Å². The molecule has 0 aliphatic rings. The van der Waals surface area contributed by atoms with E-state index < -0.39 is 11.6 Å². The van der Waals surface area contributed by atoms with E-state index in [0.717, 1.165) is 0 Å². The lowest BCUT2D eigenvalue weighted by Gasteiger charge is -2.09. The van der Waals surface area contributed by atoms with Crippen LogP contribution in [-0.2, 0) is 0 Å². The molecule has 0 amide bonds. The van der Waals surface area contributed by atoms with E-state index in [1.807, 2.05) is 0 Å². The summed E-state index contributed by atoms with van der Waals surface area (Å²) in [4.78, 5) is 0. The molecule has 0 saturated heterocycles. The highest BCUT2D eigenvalue weighted by atomic mass is 19.1. The Hall–Kier alpha value is -2.10. The summed E-state index contributed by atoms with van der Waals surface area (Å²) in [7, 11) is 2.94. The maximum atomic E-state index is 13.7. The molecule has 0 fully saturated rings. The zero-order valence-corrected chi connectivity index (χ0v) is 10.0. The van der Waals surface area contributed by atoms with E-state index in [-0.39, 0.29) is 11.1 Å². The standard InChI is InChI=1S/C14H12F2O2/c1-17-9-3-5-13(15)11(7-9)12-8-10(18-2)4-6-14(12)16/h3-8H,1-2H3. The van der Waals surface area contributed by atoms with Gasteiger partial charge in [-0.25, -0.2) is 8.78 Å². The molecule has 0 saturated carbocycles. The second-order valence-corrected chi connectivity index (χ2v) is 3.69. The monoisotopic (exact) mass is 250 g/mol. The van der Waals surface area contributed by atoms with Gasteiger partial charge in [-0.2, -0.15) is 0 Å². The minimum absolute atomic E-state index is 0.144. The van der Waals surface area contributed by atoms with Gasteiger partial charge in [0.2, 0.25) is 0 Å². The van der Waals surface area contributed by atoms with Crippen LogP contribution >= 0.6 is 0 Å². The van der Waals surface area contributed by atoms with Gasteiger partial charge in [-0.15, -0.1) is 0 Å². The highest BCUT2D eigenvalue weighted by Gasteiger charge is 2.12. The highest BCUT2D eigenvalue weighted by molar-refractivity contribution is 5.68.